The van der Waals surface area contributed by atoms with Crippen LogP contribution in [0.5, 0.6) is 0 Å². The quantitative estimate of drug-likeness (QED) is 0.402. The third-order valence-electron chi connectivity index (χ3n) is 4.12. The molecule has 0 saturated carbocycles. The summed E-state index contributed by atoms with van der Waals surface area (Å²) in [6, 6.07) is 0. The zero-order valence-corrected chi connectivity index (χ0v) is 20.1. The van der Waals surface area contributed by atoms with E-state index in [1.165, 1.54) is 12.8 Å². The number of carbonyl (C=O) groups is 2. The van der Waals surface area contributed by atoms with E-state index in [9.17, 15) is 9.59 Å². The molecule has 0 aromatic carbocycles. The number of rotatable bonds is 4. The average molecular weight is 433 g/mol. The number of guanidine groups is 1. The van der Waals surface area contributed by atoms with Crippen LogP contribution in [0.15, 0.2) is 4.99 Å². The normalized spacial score (nSPS) is 15.7. The topological polar surface area (TPSA) is 92.3 Å². The van der Waals surface area contributed by atoms with E-state index < -0.39 is 23.4 Å². The van der Waals surface area contributed by atoms with Crippen LogP contribution >= 0.6 is 13.5 Å². The Balaban J connectivity index is 0.00000784. The Morgan fingerprint density at radius 1 is 0.966 bits per heavy atom. The highest BCUT2D eigenvalue weighted by Gasteiger charge is 2.21. The van der Waals surface area contributed by atoms with Gasteiger partial charge in [-0.25, -0.2) is 9.59 Å². The van der Waals surface area contributed by atoms with Crippen molar-refractivity contribution in [3.63, 3.8) is 0 Å². The molecule has 0 radical (unpaired) electrons. The molecule has 1 rings (SSSR count). The van der Waals surface area contributed by atoms with Gasteiger partial charge in [0.05, 0.1) is 0 Å². The van der Waals surface area contributed by atoms with Gasteiger partial charge < -0.3 is 14.4 Å². The van der Waals surface area contributed by atoms with Crippen molar-refractivity contribution in [1.29, 1.82) is 0 Å². The molecule has 1 heterocycles. The first-order valence-electron chi connectivity index (χ1n) is 10.1. The minimum atomic E-state index is -0.669. The van der Waals surface area contributed by atoms with Gasteiger partial charge >= 0.3 is 12.2 Å². The van der Waals surface area contributed by atoms with Crippen molar-refractivity contribution in [3.05, 3.63) is 0 Å². The molecule has 2 N–H and O–H groups in total. The standard InChI is InChI=1S/C20H38N4O4.H2S/c1-19(2,3)27-17(25)22-16(23-18(26)28-20(4,5)6)21-12-8-9-15-10-13-24(7)14-11-15;/h15H,8-14H2,1-7H3,(H2,21,22,23,25,26);1H2. The lowest BCUT2D eigenvalue weighted by atomic mass is 9.92. The zero-order chi connectivity index (χ0) is 21.4. The van der Waals surface area contributed by atoms with Crippen molar-refractivity contribution >= 4 is 31.6 Å². The van der Waals surface area contributed by atoms with Gasteiger partial charge in [0.25, 0.3) is 0 Å². The molecular weight excluding hydrogens is 392 g/mol. The predicted octanol–water partition coefficient (Wildman–Crippen LogP) is 3.63. The highest BCUT2D eigenvalue weighted by molar-refractivity contribution is 7.59. The lowest BCUT2D eigenvalue weighted by Gasteiger charge is -2.28. The van der Waals surface area contributed by atoms with Gasteiger partial charge in [0.2, 0.25) is 5.96 Å². The second-order valence-corrected chi connectivity index (χ2v) is 9.37. The van der Waals surface area contributed by atoms with Crippen molar-refractivity contribution < 1.29 is 19.1 Å². The number of likely N-dealkylation sites (tertiary alicyclic amines) is 1. The summed E-state index contributed by atoms with van der Waals surface area (Å²) >= 11 is 0. The second kappa shape index (κ2) is 12.3. The van der Waals surface area contributed by atoms with Gasteiger partial charge in [-0.15, -0.1) is 0 Å². The first kappa shape index (κ1) is 27.5. The number of nitrogens with zero attached hydrogens (tertiary/aromatic N) is 2. The molecule has 2 amide bonds. The number of amides is 2. The highest BCUT2D eigenvalue weighted by Crippen LogP contribution is 2.20. The van der Waals surface area contributed by atoms with Crippen LogP contribution in [0.25, 0.3) is 0 Å². The van der Waals surface area contributed by atoms with E-state index >= 15 is 0 Å². The van der Waals surface area contributed by atoms with E-state index in [1.807, 2.05) is 0 Å². The molecule has 9 heteroatoms. The van der Waals surface area contributed by atoms with Gasteiger partial charge in [-0.3, -0.25) is 15.6 Å². The first-order chi connectivity index (χ1) is 12.8. The summed E-state index contributed by atoms with van der Waals surface area (Å²) < 4.78 is 10.5. The van der Waals surface area contributed by atoms with Crippen molar-refractivity contribution in [2.45, 2.75) is 78.4 Å². The summed E-state index contributed by atoms with van der Waals surface area (Å²) in [6.07, 6.45) is 3.06. The molecule has 170 valence electrons. The molecule has 0 spiro atoms. The summed E-state index contributed by atoms with van der Waals surface area (Å²) in [4.78, 5) is 30.8. The Hall–Kier alpha value is -1.48. The summed E-state index contributed by atoms with van der Waals surface area (Å²) in [6.45, 7) is 13.4. The Bertz CT molecular complexity index is 516. The molecule has 1 fully saturated rings. The molecule has 29 heavy (non-hydrogen) atoms. The number of carbonyl (C=O) groups excluding carboxylic acids is 2. The lowest BCUT2D eigenvalue weighted by Crippen LogP contribution is -2.47. The van der Waals surface area contributed by atoms with E-state index in [1.54, 1.807) is 41.5 Å². The number of aliphatic imine (C=N–C) groups is 1. The maximum absolute atomic E-state index is 12.0. The van der Waals surface area contributed by atoms with E-state index in [0.29, 0.717) is 12.5 Å². The number of ether oxygens (including phenoxy) is 2. The minimum absolute atomic E-state index is 0. The summed E-state index contributed by atoms with van der Waals surface area (Å²) in [5, 5.41) is 5.01. The molecule has 0 aromatic heterocycles. The summed E-state index contributed by atoms with van der Waals surface area (Å²) in [5.41, 5.74) is -1.29. The molecule has 1 aliphatic heterocycles. The fourth-order valence-corrected chi connectivity index (χ4v) is 2.83. The number of nitrogens with one attached hydrogen (secondary N) is 2. The lowest BCUT2D eigenvalue weighted by molar-refractivity contribution is 0.0545. The summed E-state index contributed by atoms with van der Waals surface area (Å²) in [7, 11) is 2.15. The molecule has 1 aliphatic rings. The molecule has 0 aromatic rings. The van der Waals surface area contributed by atoms with Crippen LogP contribution < -0.4 is 10.6 Å². The van der Waals surface area contributed by atoms with Gasteiger partial charge in [0.1, 0.15) is 11.2 Å². The average Bonchev–Trinajstić information content (AvgIpc) is 2.49. The molecule has 0 atom stereocenters. The largest absolute Gasteiger partial charge is 0.444 e. The third kappa shape index (κ3) is 14.2. The van der Waals surface area contributed by atoms with Crippen LogP contribution in [-0.4, -0.2) is 60.9 Å². The smallest absolute Gasteiger partial charge is 0.414 e. The maximum Gasteiger partial charge on any atom is 0.414 e. The van der Waals surface area contributed by atoms with Crippen molar-refractivity contribution in [3.8, 4) is 0 Å². The SMILES string of the molecule is CN1CCC(CCCN=C(NC(=O)OC(C)(C)C)NC(=O)OC(C)(C)C)CC1.S. The predicted molar refractivity (Wildman–Crippen MR) is 121 cm³/mol. The Morgan fingerprint density at radius 2 is 1.41 bits per heavy atom. The molecular formula is C20H40N4O4S. The van der Waals surface area contributed by atoms with E-state index in [0.717, 1.165) is 25.9 Å². The molecule has 0 bridgehead atoms. The van der Waals surface area contributed by atoms with E-state index in [-0.39, 0.29) is 19.5 Å². The number of piperidine rings is 1. The fourth-order valence-electron chi connectivity index (χ4n) is 2.83. The number of alkyl carbamates (subject to hydrolysis) is 2. The van der Waals surface area contributed by atoms with E-state index in [4.69, 9.17) is 9.47 Å². The van der Waals surface area contributed by atoms with Crippen LogP contribution in [0.3, 0.4) is 0 Å². The van der Waals surface area contributed by atoms with Crippen LogP contribution in [0.4, 0.5) is 9.59 Å². The van der Waals surface area contributed by atoms with Gasteiger partial charge in [-0.1, -0.05) is 0 Å². The van der Waals surface area contributed by atoms with Crippen molar-refractivity contribution in [2.75, 3.05) is 26.7 Å². The second-order valence-electron chi connectivity index (χ2n) is 9.37. The Labute approximate surface area is 182 Å². The number of hydrogen-bond acceptors (Lipinski definition) is 6. The molecule has 8 nitrogen and oxygen atoms in total. The molecule has 0 aliphatic carbocycles. The monoisotopic (exact) mass is 432 g/mol. The summed E-state index contributed by atoms with van der Waals surface area (Å²) in [5.74, 6) is 0.763. The van der Waals surface area contributed by atoms with Gasteiger partial charge in [-0.2, -0.15) is 13.5 Å². The first-order valence-corrected chi connectivity index (χ1v) is 10.1. The van der Waals surface area contributed by atoms with Gasteiger partial charge in [-0.05, 0) is 93.3 Å². The Morgan fingerprint density at radius 3 is 1.83 bits per heavy atom. The molecule has 0 unspecified atom stereocenters. The fraction of sp³-hybridized carbons (Fsp3) is 0.850. The Kier molecular flexibility index (Phi) is 11.6. The molecule has 1 saturated heterocycles. The maximum atomic E-state index is 12.0. The zero-order valence-electron chi connectivity index (χ0n) is 19.1. The van der Waals surface area contributed by atoms with Gasteiger partial charge in [0.15, 0.2) is 0 Å². The van der Waals surface area contributed by atoms with Gasteiger partial charge in [0, 0.05) is 6.54 Å². The minimum Gasteiger partial charge on any atom is -0.444 e. The van der Waals surface area contributed by atoms with Crippen molar-refractivity contribution in [2.24, 2.45) is 10.9 Å². The third-order valence-corrected chi connectivity index (χ3v) is 4.12. The van der Waals surface area contributed by atoms with Crippen molar-refractivity contribution in [1.82, 2.24) is 15.5 Å². The highest BCUT2D eigenvalue weighted by atomic mass is 32.1. The van der Waals surface area contributed by atoms with Crippen LogP contribution in [0, 0.1) is 5.92 Å². The van der Waals surface area contributed by atoms with Crippen LogP contribution in [-0.2, 0) is 9.47 Å². The van der Waals surface area contributed by atoms with E-state index in [2.05, 4.69) is 27.6 Å². The van der Waals surface area contributed by atoms with Crippen LogP contribution in [0.2, 0.25) is 0 Å². The van der Waals surface area contributed by atoms with Crippen LogP contribution in [0.1, 0.15) is 67.2 Å². The number of hydrogen-bond donors (Lipinski definition) is 2.